The first-order valence-electron chi connectivity index (χ1n) is 5.67. The maximum Gasteiger partial charge on any atom is 0.207 e. The van der Waals surface area contributed by atoms with E-state index in [1.165, 1.54) is 31.4 Å². The van der Waals surface area contributed by atoms with Crippen molar-refractivity contribution in [2.45, 2.75) is 25.7 Å². The van der Waals surface area contributed by atoms with Gasteiger partial charge in [0, 0.05) is 18.9 Å². The molecular weight excluding hydrogens is 202 g/mol. The Hall–Kier alpha value is -1.51. The molecule has 0 radical (unpaired) electrons. The molecule has 0 saturated heterocycles. The maximum absolute atomic E-state index is 5.27. The summed E-state index contributed by atoms with van der Waals surface area (Å²) in [5.41, 5.74) is 2.50. The third-order valence-electron chi connectivity index (χ3n) is 2.91. The molecular formula is C13H18NO2+. The molecule has 1 fully saturated rings. The van der Waals surface area contributed by atoms with Crippen molar-refractivity contribution in [3.8, 4) is 11.5 Å². The first kappa shape index (κ1) is 11.0. The molecule has 0 aliphatic heterocycles. The van der Waals surface area contributed by atoms with E-state index in [0.717, 1.165) is 17.2 Å². The fraction of sp³-hybridized carbons (Fsp3) is 0.462. The van der Waals surface area contributed by atoms with Crippen molar-refractivity contribution >= 4 is 11.4 Å². The van der Waals surface area contributed by atoms with E-state index in [1.54, 1.807) is 14.2 Å². The van der Waals surface area contributed by atoms with E-state index < -0.39 is 0 Å². The number of hydrogen-bond donors (Lipinski definition) is 1. The number of rotatable bonds is 3. The minimum Gasteiger partial charge on any atom is -0.493 e. The monoisotopic (exact) mass is 220 g/mol. The van der Waals surface area contributed by atoms with Crippen LogP contribution < -0.4 is 14.5 Å². The summed E-state index contributed by atoms with van der Waals surface area (Å²) >= 11 is 0. The van der Waals surface area contributed by atoms with Gasteiger partial charge in [0.1, 0.15) is 0 Å². The van der Waals surface area contributed by atoms with E-state index in [0.29, 0.717) is 0 Å². The number of hydrogen-bond acceptors (Lipinski definition) is 2. The lowest BCUT2D eigenvalue weighted by atomic mass is 10.2. The molecule has 0 aromatic heterocycles. The average molecular weight is 220 g/mol. The third-order valence-corrected chi connectivity index (χ3v) is 2.91. The zero-order chi connectivity index (χ0) is 11.4. The van der Waals surface area contributed by atoms with Crippen molar-refractivity contribution in [2.75, 3.05) is 14.2 Å². The summed E-state index contributed by atoms with van der Waals surface area (Å²) in [5, 5.41) is 0. The van der Waals surface area contributed by atoms with E-state index in [2.05, 4.69) is 4.99 Å². The SMILES string of the molecule is COc1ccc([NH+]=C2CCCC2)cc1OC. The van der Waals surface area contributed by atoms with Crippen LogP contribution in [-0.2, 0) is 0 Å². The molecule has 0 amide bonds. The van der Waals surface area contributed by atoms with Crippen LogP contribution in [0.3, 0.4) is 0 Å². The zero-order valence-corrected chi connectivity index (χ0v) is 9.88. The van der Waals surface area contributed by atoms with E-state index in [-0.39, 0.29) is 0 Å². The van der Waals surface area contributed by atoms with Crippen molar-refractivity contribution in [2.24, 2.45) is 0 Å². The van der Waals surface area contributed by atoms with Gasteiger partial charge in [0.25, 0.3) is 0 Å². The van der Waals surface area contributed by atoms with Gasteiger partial charge in [-0.25, -0.2) is 4.99 Å². The summed E-state index contributed by atoms with van der Waals surface area (Å²) in [6.07, 6.45) is 4.98. The van der Waals surface area contributed by atoms with E-state index in [4.69, 9.17) is 9.47 Å². The number of ether oxygens (including phenoxy) is 2. The number of benzene rings is 1. The predicted octanol–water partition coefficient (Wildman–Crippen LogP) is 1.43. The molecule has 0 heterocycles. The Labute approximate surface area is 96.1 Å². The van der Waals surface area contributed by atoms with Gasteiger partial charge < -0.3 is 9.47 Å². The fourth-order valence-corrected chi connectivity index (χ4v) is 2.04. The molecule has 3 heteroatoms. The Morgan fingerprint density at radius 1 is 1.00 bits per heavy atom. The Kier molecular flexibility index (Phi) is 3.44. The summed E-state index contributed by atoms with van der Waals surface area (Å²) in [6.45, 7) is 0. The highest BCUT2D eigenvalue weighted by atomic mass is 16.5. The molecule has 1 saturated carbocycles. The number of nitrogens with one attached hydrogen (secondary N) is 1. The van der Waals surface area contributed by atoms with Crippen molar-refractivity contribution in [1.29, 1.82) is 0 Å². The standard InChI is InChI=1S/C13H17NO2/c1-15-12-8-7-11(9-13(12)16-2)14-10-5-3-4-6-10/h7-9H,3-6H2,1-2H3/p+1. The van der Waals surface area contributed by atoms with Crippen LogP contribution >= 0.6 is 0 Å². The quantitative estimate of drug-likeness (QED) is 0.835. The van der Waals surface area contributed by atoms with Gasteiger partial charge in [-0.05, 0) is 18.9 Å². The molecule has 1 aromatic rings. The minimum absolute atomic E-state index is 0.768. The second-order valence-corrected chi connectivity index (χ2v) is 4.01. The fourth-order valence-electron chi connectivity index (χ4n) is 2.04. The van der Waals surface area contributed by atoms with Gasteiger partial charge in [-0.3, -0.25) is 0 Å². The first-order chi connectivity index (χ1) is 7.83. The van der Waals surface area contributed by atoms with Crippen LogP contribution in [0, 0.1) is 0 Å². The highest BCUT2D eigenvalue weighted by Gasteiger charge is 2.15. The van der Waals surface area contributed by atoms with Crippen LogP contribution in [0.2, 0.25) is 0 Å². The Morgan fingerprint density at radius 3 is 2.31 bits per heavy atom. The van der Waals surface area contributed by atoms with Crippen LogP contribution in [0.1, 0.15) is 25.7 Å². The summed E-state index contributed by atoms with van der Waals surface area (Å²) in [7, 11) is 3.31. The van der Waals surface area contributed by atoms with E-state index >= 15 is 0 Å². The van der Waals surface area contributed by atoms with Gasteiger partial charge in [0.2, 0.25) is 5.69 Å². The van der Waals surface area contributed by atoms with Gasteiger partial charge in [-0.15, -0.1) is 0 Å². The predicted molar refractivity (Wildman–Crippen MR) is 63.6 cm³/mol. The molecule has 0 spiro atoms. The second-order valence-electron chi connectivity index (χ2n) is 4.01. The van der Waals surface area contributed by atoms with Crippen LogP contribution in [0.15, 0.2) is 18.2 Å². The third kappa shape index (κ3) is 2.35. The molecule has 2 rings (SSSR count). The summed E-state index contributed by atoms with van der Waals surface area (Å²) < 4.78 is 10.5. The van der Waals surface area contributed by atoms with E-state index in [1.807, 2.05) is 18.2 Å². The lowest BCUT2D eigenvalue weighted by Crippen LogP contribution is -2.65. The van der Waals surface area contributed by atoms with Gasteiger partial charge in [-0.2, -0.15) is 0 Å². The molecule has 3 nitrogen and oxygen atoms in total. The first-order valence-corrected chi connectivity index (χ1v) is 5.67. The van der Waals surface area contributed by atoms with Crippen molar-refractivity contribution in [1.82, 2.24) is 0 Å². The zero-order valence-electron chi connectivity index (χ0n) is 9.88. The van der Waals surface area contributed by atoms with E-state index in [9.17, 15) is 0 Å². The summed E-state index contributed by atoms with van der Waals surface area (Å²) in [5.74, 6) is 1.54. The minimum atomic E-state index is 0.768. The Bertz CT molecular complexity index is 391. The molecule has 1 N–H and O–H groups in total. The average Bonchev–Trinajstić information content (AvgIpc) is 2.81. The molecule has 0 unspecified atom stereocenters. The summed E-state index contributed by atoms with van der Waals surface area (Å²) in [4.78, 5) is 3.45. The lowest BCUT2D eigenvalue weighted by Gasteiger charge is -2.05. The molecule has 0 bridgehead atoms. The maximum atomic E-state index is 5.27. The van der Waals surface area contributed by atoms with Crippen LogP contribution in [0.4, 0.5) is 5.69 Å². The highest BCUT2D eigenvalue weighted by molar-refractivity contribution is 5.81. The van der Waals surface area contributed by atoms with Crippen molar-refractivity contribution in [3.05, 3.63) is 18.2 Å². The molecule has 0 atom stereocenters. The van der Waals surface area contributed by atoms with Crippen molar-refractivity contribution < 1.29 is 14.5 Å². The molecule has 86 valence electrons. The van der Waals surface area contributed by atoms with Gasteiger partial charge in [0.15, 0.2) is 17.2 Å². The van der Waals surface area contributed by atoms with Crippen molar-refractivity contribution in [3.63, 3.8) is 0 Å². The van der Waals surface area contributed by atoms with Gasteiger partial charge in [0.05, 0.1) is 20.3 Å². The van der Waals surface area contributed by atoms with Gasteiger partial charge in [-0.1, -0.05) is 0 Å². The molecule has 16 heavy (non-hydrogen) atoms. The lowest BCUT2D eigenvalue weighted by molar-refractivity contribution is -0.356. The van der Waals surface area contributed by atoms with Crippen LogP contribution in [0.25, 0.3) is 0 Å². The van der Waals surface area contributed by atoms with Crippen LogP contribution in [0.5, 0.6) is 11.5 Å². The molecule has 1 aliphatic carbocycles. The normalized spacial score (nSPS) is 15.0. The number of methoxy groups -OCH3 is 2. The Morgan fingerprint density at radius 2 is 1.69 bits per heavy atom. The summed E-state index contributed by atoms with van der Waals surface area (Å²) in [6, 6.07) is 5.92. The second kappa shape index (κ2) is 5.01. The molecule has 1 aromatic carbocycles. The van der Waals surface area contributed by atoms with Gasteiger partial charge >= 0.3 is 0 Å². The van der Waals surface area contributed by atoms with Crippen LogP contribution in [-0.4, -0.2) is 19.9 Å². The smallest absolute Gasteiger partial charge is 0.207 e. The largest absolute Gasteiger partial charge is 0.493 e. The topological polar surface area (TPSA) is 32.4 Å². The molecule has 1 aliphatic rings. The highest BCUT2D eigenvalue weighted by Crippen LogP contribution is 2.27. The Balaban J connectivity index is 2.25.